The van der Waals surface area contributed by atoms with Crippen molar-refractivity contribution < 1.29 is 4.42 Å². The van der Waals surface area contributed by atoms with Crippen LogP contribution >= 0.6 is 0 Å². The standard InChI is InChI=1S/C38H32B8O/c39-31-27-25(17-7-2-1-3-8-17)28-30(34(42)38(46)36(44)32(28)40)26(29(27)33(41)37(45)35(31)43)20-10-6-9-18(15-20)19-13-14-24-22(16-19)21-11-4-5-12-23(21)47-24/h1-16H,39-46H2. The number of furan rings is 1. The van der Waals surface area contributed by atoms with Crippen molar-refractivity contribution in [1.82, 2.24) is 0 Å². The Balaban J connectivity index is 1.53. The largest absolute Gasteiger partial charge is 0.456 e. The molecule has 214 valence electrons. The summed E-state index contributed by atoms with van der Waals surface area (Å²) in [5, 5.41) is 7.81. The van der Waals surface area contributed by atoms with Gasteiger partial charge in [-0.3, -0.25) is 0 Å². The molecule has 0 saturated carbocycles. The quantitative estimate of drug-likeness (QED) is 0.158. The molecule has 0 saturated heterocycles. The Morgan fingerprint density at radius 1 is 0.319 bits per heavy atom. The third kappa shape index (κ3) is 4.36. The summed E-state index contributed by atoms with van der Waals surface area (Å²) in [4.78, 5) is 0. The van der Waals surface area contributed by atoms with Crippen molar-refractivity contribution in [2.45, 2.75) is 0 Å². The Morgan fingerprint density at radius 3 is 1.36 bits per heavy atom. The number of rotatable bonds is 3. The number of hydrogen-bond acceptors (Lipinski definition) is 1. The van der Waals surface area contributed by atoms with Gasteiger partial charge in [-0.1, -0.05) is 94.6 Å². The van der Waals surface area contributed by atoms with Crippen molar-refractivity contribution in [3.05, 3.63) is 97.1 Å². The van der Waals surface area contributed by atoms with E-state index >= 15 is 0 Å². The number of fused-ring (bicyclic) bond motifs is 5. The Kier molecular flexibility index (Phi) is 6.95. The summed E-state index contributed by atoms with van der Waals surface area (Å²) >= 11 is 0. The Morgan fingerprint density at radius 2 is 0.766 bits per heavy atom. The van der Waals surface area contributed by atoms with E-state index in [1.54, 1.807) is 0 Å². The van der Waals surface area contributed by atoms with Crippen molar-refractivity contribution in [1.29, 1.82) is 0 Å². The Hall–Kier alpha value is -4.62. The van der Waals surface area contributed by atoms with E-state index in [1.165, 1.54) is 98.6 Å². The molecule has 0 aliphatic carbocycles. The lowest BCUT2D eigenvalue weighted by molar-refractivity contribution is 0.669. The lowest BCUT2D eigenvalue weighted by Gasteiger charge is -2.28. The van der Waals surface area contributed by atoms with Gasteiger partial charge in [0.1, 0.15) is 73.9 Å². The van der Waals surface area contributed by atoms with Crippen LogP contribution in [-0.4, -0.2) is 62.8 Å². The van der Waals surface area contributed by atoms with E-state index < -0.39 is 0 Å². The van der Waals surface area contributed by atoms with Crippen molar-refractivity contribution in [3.63, 3.8) is 0 Å². The summed E-state index contributed by atoms with van der Waals surface area (Å²) < 4.78 is 6.17. The zero-order chi connectivity index (χ0) is 32.7. The smallest absolute Gasteiger partial charge is 0.139 e. The van der Waals surface area contributed by atoms with Crippen LogP contribution in [0.15, 0.2) is 101 Å². The lowest BCUT2D eigenvalue weighted by Crippen LogP contribution is -2.50. The van der Waals surface area contributed by atoms with Crippen LogP contribution in [0.3, 0.4) is 0 Å². The molecular formula is C38H32B8O. The molecule has 0 radical (unpaired) electrons. The first-order valence-electron chi connectivity index (χ1n) is 16.7. The molecule has 7 aromatic carbocycles. The van der Waals surface area contributed by atoms with Crippen molar-refractivity contribution >= 4 is 150 Å². The average Bonchev–Trinajstić information content (AvgIpc) is 3.48. The van der Waals surface area contributed by atoms with Crippen LogP contribution in [0.2, 0.25) is 0 Å². The van der Waals surface area contributed by atoms with Crippen LogP contribution in [-0.2, 0) is 0 Å². The maximum Gasteiger partial charge on any atom is 0.139 e. The van der Waals surface area contributed by atoms with Crippen LogP contribution in [0.5, 0.6) is 0 Å². The van der Waals surface area contributed by atoms with Gasteiger partial charge in [-0.05, 0) is 79.2 Å². The first kappa shape index (κ1) is 29.8. The van der Waals surface area contributed by atoms with Crippen LogP contribution < -0.4 is 43.7 Å². The van der Waals surface area contributed by atoms with Crippen LogP contribution in [0.4, 0.5) is 0 Å². The molecule has 0 unspecified atom stereocenters. The summed E-state index contributed by atoms with van der Waals surface area (Å²) in [6.07, 6.45) is 0. The van der Waals surface area contributed by atoms with Gasteiger partial charge < -0.3 is 4.42 Å². The van der Waals surface area contributed by atoms with Crippen LogP contribution in [0.25, 0.3) is 76.9 Å². The van der Waals surface area contributed by atoms with Gasteiger partial charge >= 0.3 is 0 Å². The van der Waals surface area contributed by atoms with Gasteiger partial charge in [0.2, 0.25) is 0 Å². The van der Waals surface area contributed by atoms with Crippen LogP contribution in [0, 0.1) is 0 Å². The van der Waals surface area contributed by atoms with E-state index in [0.29, 0.717) is 0 Å². The molecule has 0 bridgehead atoms. The third-order valence-corrected chi connectivity index (χ3v) is 11.3. The summed E-state index contributed by atoms with van der Waals surface area (Å²) in [5.41, 5.74) is 20.5. The van der Waals surface area contributed by atoms with E-state index in [2.05, 4.69) is 148 Å². The summed E-state index contributed by atoms with van der Waals surface area (Å²) in [5.74, 6) is 0. The zero-order valence-corrected chi connectivity index (χ0v) is 28.6. The highest BCUT2D eigenvalue weighted by Crippen LogP contribution is 2.41. The molecule has 9 heteroatoms. The van der Waals surface area contributed by atoms with E-state index in [1.807, 2.05) is 12.1 Å². The van der Waals surface area contributed by atoms with Gasteiger partial charge in [0.05, 0.1) is 0 Å². The average molecular weight is 591 g/mol. The van der Waals surface area contributed by atoms with Gasteiger partial charge in [0, 0.05) is 10.8 Å². The van der Waals surface area contributed by atoms with E-state index in [0.717, 1.165) is 21.9 Å². The van der Waals surface area contributed by atoms with E-state index in [4.69, 9.17) is 4.42 Å². The second kappa shape index (κ2) is 11.0. The molecule has 1 heterocycles. The molecule has 1 aromatic heterocycles. The SMILES string of the molecule is Bc1c(B)c(B)c2c(-c3cccc(-c4ccc5oc6ccccc6c5c4)c3)c3c(B)c(B)c(B)c(B)c3c(-c3ccccc3)c2c1B. The van der Waals surface area contributed by atoms with Gasteiger partial charge in [0.25, 0.3) is 0 Å². The maximum atomic E-state index is 6.17. The first-order chi connectivity index (χ1) is 22.7. The molecule has 0 spiro atoms. The van der Waals surface area contributed by atoms with Gasteiger partial charge in [-0.2, -0.15) is 0 Å². The summed E-state index contributed by atoms with van der Waals surface area (Å²) in [6, 6.07) is 35.2. The highest BCUT2D eigenvalue weighted by molar-refractivity contribution is 6.71. The minimum absolute atomic E-state index is 0.925. The molecule has 8 aromatic rings. The Labute approximate surface area is 283 Å². The number of hydrogen-bond donors (Lipinski definition) is 0. The maximum absolute atomic E-state index is 6.17. The van der Waals surface area contributed by atoms with Gasteiger partial charge in [-0.25, -0.2) is 0 Å². The highest BCUT2D eigenvalue weighted by atomic mass is 16.3. The molecule has 0 amide bonds. The molecule has 1 nitrogen and oxygen atoms in total. The molecule has 0 aliphatic heterocycles. The van der Waals surface area contributed by atoms with Crippen molar-refractivity contribution in [2.24, 2.45) is 0 Å². The molecular weight excluding hydrogens is 559 g/mol. The van der Waals surface area contributed by atoms with Crippen LogP contribution in [0.1, 0.15) is 0 Å². The minimum Gasteiger partial charge on any atom is -0.456 e. The molecule has 0 N–H and O–H groups in total. The molecule has 0 fully saturated rings. The normalized spacial score (nSPS) is 11.7. The second-order valence-corrected chi connectivity index (χ2v) is 13.5. The number of para-hydroxylation sites is 1. The summed E-state index contributed by atoms with van der Waals surface area (Å²) in [7, 11) is 18.5. The third-order valence-electron chi connectivity index (χ3n) is 11.3. The lowest BCUT2D eigenvalue weighted by atomic mass is 9.59. The van der Waals surface area contributed by atoms with Crippen molar-refractivity contribution in [3.8, 4) is 33.4 Å². The van der Waals surface area contributed by atoms with Gasteiger partial charge in [0.15, 0.2) is 0 Å². The molecule has 8 rings (SSSR count). The number of benzene rings is 7. The molecule has 47 heavy (non-hydrogen) atoms. The van der Waals surface area contributed by atoms with E-state index in [9.17, 15) is 0 Å². The zero-order valence-electron chi connectivity index (χ0n) is 28.6. The molecule has 0 atom stereocenters. The monoisotopic (exact) mass is 592 g/mol. The predicted molar refractivity (Wildman–Crippen MR) is 230 cm³/mol. The van der Waals surface area contributed by atoms with E-state index in [-0.39, 0.29) is 0 Å². The van der Waals surface area contributed by atoms with Gasteiger partial charge in [-0.15, -0.1) is 21.9 Å². The predicted octanol–water partition coefficient (Wildman–Crippen LogP) is -3.04. The fourth-order valence-corrected chi connectivity index (χ4v) is 8.07. The highest BCUT2D eigenvalue weighted by Gasteiger charge is 2.25. The Bertz CT molecular complexity index is 2530. The first-order valence-corrected chi connectivity index (χ1v) is 16.7. The summed E-state index contributed by atoms with van der Waals surface area (Å²) in [6.45, 7) is 0. The fraction of sp³-hybridized carbons (Fsp3) is 0. The molecule has 0 aliphatic rings. The minimum atomic E-state index is 0.925. The van der Waals surface area contributed by atoms with Crippen molar-refractivity contribution in [2.75, 3.05) is 0 Å². The fourth-order valence-electron chi connectivity index (χ4n) is 8.07. The topological polar surface area (TPSA) is 13.1 Å². The second-order valence-electron chi connectivity index (χ2n) is 13.5.